The van der Waals surface area contributed by atoms with Gasteiger partial charge in [-0.2, -0.15) is 4.98 Å². The fourth-order valence-electron chi connectivity index (χ4n) is 1.94. The fourth-order valence-corrected chi connectivity index (χ4v) is 1.94. The average molecular weight is 451 g/mol. The van der Waals surface area contributed by atoms with E-state index >= 15 is 0 Å². The lowest BCUT2D eigenvalue weighted by Gasteiger charge is -2.22. The third-order valence-electron chi connectivity index (χ3n) is 3.46. The molecule has 6 nitrogen and oxygen atoms in total. The molecular weight excluding hydrogens is 417 g/mol. The Labute approximate surface area is 163 Å². The average Bonchev–Trinajstić information content (AvgIpc) is 2.89. The van der Waals surface area contributed by atoms with Crippen molar-refractivity contribution in [3.63, 3.8) is 0 Å². The van der Waals surface area contributed by atoms with Crippen LogP contribution in [0.5, 0.6) is 0 Å². The summed E-state index contributed by atoms with van der Waals surface area (Å²) in [6.45, 7) is 15.6. The van der Waals surface area contributed by atoms with E-state index in [1.54, 1.807) is 7.05 Å². The highest BCUT2D eigenvalue weighted by atomic mass is 127. The van der Waals surface area contributed by atoms with Crippen molar-refractivity contribution in [3.05, 3.63) is 11.7 Å². The highest BCUT2D eigenvalue weighted by molar-refractivity contribution is 14.0. The number of halogens is 1. The highest BCUT2D eigenvalue weighted by Gasteiger charge is 2.21. The van der Waals surface area contributed by atoms with Gasteiger partial charge in [-0.1, -0.05) is 46.7 Å². The van der Waals surface area contributed by atoms with Crippen molar-refractivity contribution < 1.29 is 4.52 Å². The number of guanidine groups is 1. The van der Waals surface area contributed by atoms with Crippen molar-refractivity contribution in [1.82, 2.24) is 20.8 Å². The van der Waals surface area contributed by atoms with Crippen LogP contribution in [0.1, 0.15) is 73.0 Å². The molecule has 1 unspecified atom stereocenters. The van der Waals surface area contributed by atoms with E-state index in [1.165, 1.54) is 0 Å². The molecule has 1 rings (SSSR count). The third kappa shape index (κ3) is 8.84. The van der Waals surface area contributed by atoms with Crippen LogP contribution >= 0.6 is 24.0 Å². The Balaban J connectivity index is 0.00000529. The molecule has 0 fully saturated rings. The molecule has 0 radical (unpaired) electrons. The monoisotopic (exact) mass is 451 g/mol. The van der Waals surface area contributed by atoms with Crippen LogP contribution in [0.3, 0.4) is 0 Å². The van der Waals surface area contributed by atoms with Gasteiger partial charge in [-0.05, 0) is 25.2 Å². The van der Waals surface area contributed by atoms with E-state index in [0.29, 0.717) is 29.7 Å². The van der Waals surface area contributed by atoms with E-state index in [2.05, 4.69) is 74.2 Å². The zero-order chi connectivity index (χ0) is 17.7. The molecule has 1 aromatic rings. The van der Waals surface area contributed by atoms with Gasteiger partial charge in [0, 0.05) is 18.5 Å². The summed E-state index contributed by atoms with van der Waals surface area (Å²) in [5.41, 5.74) is 0.216. The lowest BCUT2D eigenvalue weighted by Crippen LogP contribution is -2.42. The van der Waals surface area contributed by atoms with Crippen LogP contribution in [0.15, 0.2) is 9.52 Å². The molecule has 0 saturated carbocycles. The van der Waals surface area contributed by atoms with Crippen LogP contribution in [-0.2, 0) is 12.0 Å². The Kier molecular flexibility index (Phi) is 9.24. The maximum Gasteiger partial charge on any atom is 0.232 e. The van der Waals surface area contributed by atoms with Gasteiger partial charge in [0.25, 0.3) is 0 Å². The number of nitrogens with one attached hydrogen (secondary N) is 2. The molecule has 0 bridgehead atoms. The molecule has 0 aliphatic rings. The molecule has 0 amide bonds. The van der Waals surface area contributed by atoms with Crippen molar-refractivity contribution in [2.24, 2.45) is 10.4 Å². The van der Waals surface area contributed by atoms with Crippen molar-refractivity contribution in [2.75, 3.05) is 7.05 Å². The van der Waals surface area contributed by atoms with Gasteiger partial charge in [0.1, 0.15) is 0 Å². The molecule has 0 saturated heterocycles. The van der Waals surface area contributed by atoms with Crippen LogP contribution in [0.2, 0.25) is 0 Å². The molecule has 140 valence electrons. The summed E-state index contributed by atoms with van der Waals surface area (Å²) in [7, 11) is 1.77. The van der Waals surface area contributed by atoms with Gasteiger partial charge < -0.3 is 15.2 Å². The van der Waals surface area contributed by atoms with Crippen LogP contribution in [0, 0.1) is 5.41 Å². The first-order chi connectivity index (χ1) is 10.5. The molecule has 2 N–H and O–H groups in total. The van der Waals surface area contributed by atoms with E-state index in [0.717, 1.165) is 18.8 Å². The minimum atomic E-state index is -0.132. The molecule has 1 aromatic heterocycles. The van der Waals surface area contributed by atoms with Crippen LogP contribution in [0.25, 0.3) is 0 Å². The van der Waals surface area contributed by atoms with E-state index in [4.69, 9.17) is 4.52 Å². The second kappa shape index (κ2) is 9.58. The predicted molar refractivity (Wildman–Crippen MR) is 110 cm³/mol. The molecule has 1 heterocycles. The summed E-state index contributed by atoms with van der Waals surface area (Å²) in [4.78, 5) is 8.66. The lowest BCUT2D eigenvalue weighted by atomic mass is 9.89. The molecule has 0 spiro atoms. The zero-order valence-electron chi connectivity index (χ0n) is 16.4. The highest BCUT2D eigenvalue weighted by Crippen LogP contribution is 2.21. The lowest BCUT2D eigenvalue weighted by molar-refractivity contribution is 0.318. The van der Waals surface area contributed by atoms with E-state index in [1.807, 2.05) is 0 Å². The Morgan fingerprint density at radius 1 is 1.21 bits per heavy atom. The van der Waals surface area contributed by atoms with Gasteiger partial charge in [-0.15, -0.1) is 24.0 Å². The molecular formula is C17H34IN5O. The fraction of sp³-hybridized carbons (Fsp3) is 0.824. The van der Waals surface area contributed by atoms with Crippen LogP contribution in [-0.4, -0.2) is 29.2 Å². The van der Waals surface area contributed by atoms with E-state index < -0.39 is 0 Å². The summed E-state index contributed by atoms with van der Waals surface area (Å²) < 4.78 is 5.29. The topological polar surface area (TPSA) is 75.3 Å². The van der Waals surface area contributed by atoms with Gasteiger partial charge >= 0.3 is 0 Å². The molecule has 0 aliphatic heterocycles. The predicted octanol–water partition coefficient (Wildman–Crippen LogP) is 3.86. The number of hydrogen-bond acceptors (Lipinski definition) is 4. The third-order valence-corrected chi connectivity index (χ3v) is 3.46. The number of aromatic nitrogens is 2. The van der Waals surface area contributed by atoms with Crippen LogP contribution < -0.4 is 10.6 Å². The van der Waals surface area contributed by atoms with Gasteiger partial charge in [-0.25, -0.2) is 0 Å². The standard InChI is InChI=1S/C17H33N5O.HI/c1-12(9-10-16(2,3)4)20-15(18-8)19-11-13-21-14(23-22-13)17(5,6)7;/h12H,9-11H2,1-8H3,(H2,18,19,20);1H. The summed E-state index contributed by atoms with van der Waals surface area (Å²) >= 11 is 0. The minimum absolute atomic E-state index is 0. The quantitative estimate of drug-likeness (QED) is 0.404. The second-order valence-corrected chi connectivity index (χ2v) is 8.34. The minimum Gasteiger partial charge on any atom is -0.354 e. The molecule has 1 atom stereocenters. The van der Waals surface area contributed by atoms with Crippen LogP contribution in [0.4, 0.5) is 0 Å². The summed E-state index contributed by atoms with van der Waals surface area (Å²) in [5, 5.41) is 10.6. The number of rotatable bonds is 5. The van der Waals surface area contributed by atoms with E-state index in [9.17, 15) is 0 Å². The largest absolute Gasteiger partial charge is 0.354 e. The Bertz CT molecular complexity index is 514. The van der Waals surface area contributed by atoms with E-state index in [-0.39, 0.29) is 29.4 Å². The molecule has 7 heteroatoms. The normalized spacial score (nSPS) is 14.1. The SMILES string of the molecule is CN=C(NCc1noc(C(C)(C)C)n1)NC(C)CCC(C)(C)C.I. The Morgan fingerprint density at radius 3 is 2.29 bits per heavy atom. The van der Waals surface area contributed by atoms with Crippen molar-refractivity contribution in [3.8, 4) is 0 Å². The molecule has 24 heavy (non-hydrogen) atoms. The van der Waals surface area contributed by atoms with Gasteiger partial charge in [0.05, 0.1) is 6.54 Å². The first-order valence-electron chi connectivity index (χ1n) is 8.31. The number of aliphatic imine (C=N–C) groups is 1. The van der Waals surface area contributed by atoms with Crippen molar-refractivity contribution in [2.45, 2.75) is 79.3 Å². The summed E-state index contributed by atoms with van der Waals surface area (Å²) in [6.07, 6.45) is 2.26. The maximum atomic E-state index is 5.29. The Hall–Kier alpha value is -0.860. The maximum absolute atomic E-state index is 5.29. The second-order valence-electron chi connectivity index (χ2n) is 8.34. The summed E-state index contributed by atoms with van der Waals surface area (Å²) in [6, 6.07) is 0.357. The van der Waals surface area contributed by atoms with Gasteiger partial charge in [-0.3, -0.25) is 4.99 Å². The summed E-state index contributed by atoms with van der Waals surface area (Å²) in [5.74, 6) is 2.05. The van der Waals surface area contributed by atoms with Crippen molar-refractivity contribution in [1.29, 1.82) is 0 Å². The van der Waals surface area contributed by atoms with Gasteiger partial charge in [0.2, 0.25) is 5.89 Å². The number of nitrogens with zero attached hydrogens (tertiary/aromatic N) is 3. The first kappa shape index (κ1) is 23.1. The van der Waals surface area contributed by atoms with Crippen molar-refractivity contribution >= 4 is 29.9 Å². The number of hydrogen-bond donors (Lipinski definition) is 2. The zero-order valence-corrected chi connectivity index (χ0v) is 18.7. The smallest absolute Gasteiger partial charge is 0.232 e. The molecule has 0 aliphatic carbocycles. The van der Waals surface area contributed by atoms with Gasteiger partial charge in [0.15, 0.2) is 11.8 Å². The first-order valence-corrected chi connectivity index (χ1v) is 8.31. The Morgan fingerprint density at radius 2 is 1.83 bits per heavy atom. The molecule has 0 aromatic carbocycles.